The van der Waals surface area contributed by atoms with Crippen LogP contribution in [-0.2, 0) is 5.60 Å². The van der Waals surface area contributed by atoms with Gasteiger partial charge in [-0.1, -0.05) is 6.07 Å². The molecule has 0 radical (unpaired) electrons. The number of benzene rings is 2. The van der Waals surface area contributed by atoms with Gasteiger partial charge in [-0.3, -0.25) is 0 Å². The highest BCUT2D eigenvalue weighted by molar-refractivity contribution is 5.76. The number of aliphatic hydroxyl groups is 1. The fraction of sp³-hybridized carbons (Fsp3) is 0.143. The first-order valence-electron chi connectivity index (χ1n) is 8.72. The van der Waals surface area contributed by atoms with E-state index in [0.29, 0.717) is 17.0 Å². The first kappa shape index (κ1) is 18.7. The van der Waals surface area contributed by atoms with Gasteiger partial charge in [0.25, 0.3) is 5.78 Å². The molecule has 0 fully saturated rings. The number of rotatable bonds is 3. The molecule has 8 heteroatoms. The van der Waals surface area contributed by atoms with Crippen LogP contribution < -0.4 is 0 Å². The zero-order valence-corrected chi connectivity index (χ0v) is 15.6. The second kappa shape index (κ2) is 6.72. The maximum Gasteiger partial charge on any atom is 0.250 e. The molecule has 0 bridgehead atoms. The summed E-state index contributed by atoms with van der Waals surface area (Å²) in [6.45, 7) is 3.14. The summed E-state index contributed by atoms with van der Waals surface area (Å²) in [4.78, 5) is 8.48. The molecular weight excluding hydrogens is 376 g/mol. The maximum absolute atomic E-state index is 14.6. The van der Waals surface area contributed by atoms with Gasteiger partial charge in [0.2, 0.25) is 0 Å². The van der Waals surface area contributed by atoms with E-state index in [2.05, 4.69) is 15.1 Å². The van der Waals surface area contributed by atoms with Crippen molar-refractivity contribution < 1.29 is 13.9 Å². The van der Waals surface area contributed by atoms with E-state index in [0.717, 1.165) is 6.07 Å². The molecule has 6 nitrogen and oxygen atoms in total. The van der Waals surface area contributed by atoms with E-state index in [1.54, 1.807) is 20.0 Å². The minimum Gasteiger partial charge on any atom is -0.384 e. The molecule has 2 aromatic heterocycles. The summed E-state index contributed by atoms with van der Waals surface area (Å²) in [5.74, 6) is -0.834. The molecule has 2 heterocycles. The molecule has 4 rings (SSSR count). The van der Waals surface area contributed by atoms with Crippen molar-refractivity contribution >= 4 is 5.78 Å². The Kier molecular flexibility index (Phi) is 4.32. The number of hydrogen-bond donors (Lipinski definition) is 1. The Balaban J connectivity index is 1.97. The predicted molar refractivity (Wildman–Crippen MR) is 102 cm³/mol. The first-order chi connectivity index (χ1) is 13.8. The molecule has 0 atom stereocenters. The average molecular weight is 391 g/mol. The number of hydrogen-bond acceptors (Lipinski definition) is 5. The van der Waals surface area contributed by atoms with E-state index in [4.69, 9.17) is 0 Å². The van der Waals surface area contributed by atoms with Crippen LogP contribution in [0.5, 0.6) is 0 Å². The standard InChI is InChI=1S/C21H15F2N5O/c1-21(2,29)19-18(27-28-8-7-25-20(28)26-19)12-3-6-17(23)16(10-12)15-5-4-14(22)9-13(15)11-24/h3-10,29H,1-2H3. The lowest BCUT2D eigenvalue weighted by Crippen LogP contribution is -2.21. The van der Waals surface area contributed by atoms with Gasteiger partial charge in [-0.05, 0) is 44.2 Å². The Hall–Kier alpha value is -3.70. The van der Waals surface area contributed by atoms with Crippen LogP contribution in [0.1, 0.15) is 25.1 Å². The van der Waals surface area contributed by atoms with Gasteiger partial charge in [-0.2, -0.15) is 10.4 Å². The third-order valence-electron chi connectivity index (χ3n) is 4.46. The molecule has 2 aromatic carbocycles. The number of fused-ring (bicyclic) bond motifs is 1. The highest BCUT2D eigenvalue weighted by Gasteiger charge is 2.26. The Labute approximate surface area is 164 Å². The summed E-state index contributed by atoms with van der Waals surface area (Å²) >= 11 is 0. The van der Waals surface area contributed by atoms with Gasteiger partial charge in [0.1, 0.15) is 28.6 Å². The largest absolute Gasteiger partial charge is 0.384 e. The van der Waals surface area contributed by atoms with Gasteiger partial charge in [-0.25, -0.2) is 23.3 Å². The zero-order chi connectivity index (χ0) is 20.8. The predicted octanol–water partition coefficient (Wildman–Crippen LogP) is 3.84. The normalized spacial score (nSPS) is 11.6. The minimum atomic E-state index is -1.34. The van der Waals surface area contributed by atoms with Crippen molar-refractivity contribution in [2.75, 3.05) is 0 Å². The Morgan fingerprint density at radius 2 is 1.90 bits per heavy atom. The molecule has 0 aliphatic heterocycles. The maximum atomic E-state index is 14.6. The van der Waals surface area contributed by atoms with E-state index in [-0.39, 0.29) is 22.4 Å². The van der Waals surface area contributed by atoms with Gasteiger partial charge in [0, 0.05) is 22.9 Å². The second-order valence-electron chi connectivity index (χ2n) is 7.04. The van der Waals surface area contributed by atoms with Crippen LogP contribution in [0.2, 0.25) is 0 Å². The van der Waals surface area contributed by atoms with Crippen LogP contribution in [0.25, 0.3) is 28.2 Å². The first-order valence-corrected chi connectivity index (χ1v) is 8.72. The van der Waals surface area contributed by atoms with Gasteiger partial charge in [-0.15, -0.1) is 0 Å². The lowest BCUT2D eigenvalue weighted by molar-refractivity contribution is 0.0741. The van der Waals surface area contributed by atoms with Crippen LogP contribution in [-0.4, -0.2) is 24.7 Å². The summed E-state index contributed by atoms with van der Waals surface area (Å²) in [7, 11) is 0. The Bertz CT molecular complexity index is 1280. The van der Waals surface area contributed by atoms with Crippen LogP contribution in [0.3, 0.4) is 0 Å². The van der Waals surface area contributed by atoms with Gasteiger partial charge < -0.3 is 5.11 Å². The topological polar surface area (TPSA) is 87.1 Å². The Morgan fingerprint density at radius 1 is 1.10 bits per heavy atom. The molecule has 0 unspecified atom stereocenters. The molecule has 0 saturated carbocycles. The monoisotopic (exact) mass is 391 g/mol. The number of nitriles is 1. The number of nitrogens with zero attached hydrogens (tertiary/aromatic N) is 5. The number of imidazole rings is 1. The molecule has 0 aliphatic carbocycles. The van der Waals surface area contributed by atoms with Crippen molar-refractivity contribution in [3.05, 3.63) is 71.7 Å². The van der Waals surface area contributed by atoms with Gasteiger partial charge in [0.05, 0.1) is 17.8 Å². The molecule has 144 valence electrons. The zero-order valence-electron chi connectivity index (χ0n) is 15.6. The summed E-state index contributed by atoms with van der Waals surface area (Å²) < 4.78 is 29.6. The molecule has 1 N–H and O–H groups in total. The highest BCUT2D eigenvalue weighted by atomic mass is 19.1. The van der Waals surface area contributed by atoms with Gasteiger partial charge in [0.15, 0.2) is 0 Å². The fourth-order valence-electron chi connectivity index (χ4n) is 3.10. The second-order valence-corrected chi connectivity index (χ2v) is 7.04. The fourth-order valence-corrected chi connectivity index (χ4v) is 3.10. The van der Waals surface area contributed by atoms with Crippen molar-refractivity contribution in [3.63, 3.8) is 0 Å². The SMILES string of the molecule is CC(C)(O)c1nc2nccn2nc1-c1ccc(F)c(-c2ccc(F)cc2C#N)c1. The molecule has 29 heavy (non-hydrogen) atoms. The molecule has 0 spiro atoms. The van der Waals surface area contributed by atoms with Crippen molar-refractivity contribution in [2.24, 2.45) is 0 Å². The van der Waals surface area contributed by atoms with Crippen LogP contribution in [0.15, 0.2) is 48.8 Å². The lowest BCUT2D eigenvalue weighted by atomic mass is 9.94. The van der Waals surface area contributed by atoms with Crippen LogP contribution in [0, 0.1) is 23.0 Å². The summed E-state index contributed by atoms with van der Waals surface area (Å²) in [5, 5.41) is 24.4. The average Bonchev–Trinajstić information content (AvgIpc) is 3.14. The van der Waals surface area contributed by atoms with E-state index >= 15 is 0 Å². The van der Waals surface area contributed by atoms with Crippen molar-refractivity contribution in [1.82, 2.24) is 19.6 Å². The quantitative estimate of drug-likeness (QED) is 0.573. The third-order valence-corrected chi connectivity index (χ3v) is 4.46. The summed E-state index contributed by atoms with van der Waals surface area (Å²) in [5.41, 5.74) is 0.147. The third kappa shape index (κ3) is 3.32. The smallest absolute Gasteiger partial charge is 0.250 e. The van der Waals surface area contributed by atoms with Gasteiger partial charge >= 0.3 is 0 Å². The molecule has 0 saturated heterocycles. The summed E-state index contributed by atoms with van der Waals surface area (Å²) in [6.07, 6.45) is 3.14. The highest BCUT2D eigenvalue weighted by Crippen LogP contribution is 2.34. The Morgan fingerprint density at radius 3 is 2.62 bits per heavy atom. The number of aromatic nitrogens is 4. The van der Waals surface area contributed by atoms with Crippen LogP contribution >= 0.6 is 0 Å². The van der Waals surface area contributed by atoms with Crippen molar-refractivity contribution in [1.29, 1.82) is 5.26 Å². The minimum absolute atomic E-state index is 0.0138. The number of halogens is 2. The van der Waals surface area contributed by atoms with Crippen molar-refractivity contribution in [3.8, 4) is 28.5 Å². The molecule has 0 aliphatic rings. The van der Waals surface area contributed by atoms with E-state index < -0.39 is 17.2 Å². The lowest BCUT2D eigenvalue weighted by Gasteiger charge is -2.20. The summed E-state index contributed by atoms with van der Waals surface area (Å²) in [6, 6.07) is 9.73. The van der Waals surface area contributed by atoms with E-state index in [9.17, 15) is 19.1 Å². The van der Waals surface area contributed by atoms with Crippen LogP contribution in [0.4, 0.5) is 8.78 Å². The van der Waals surface area contributed by atoms with Crippen molar-refractivity contribution in [2.45, 2.75) is 19.4 Å². The molecule has 4 aromatic rings. The molecular formula is C21H15F2N5O. The van der Waals surface area contributed by atoms with E-state index in [1.165, 1.54) is 41.0 Å². The van der Waals surface area contributed by atoms with E-state index in [1.807, 2.05) is 6.07 Å². The molecule has 0 amide bonds.